The molecule has 1 rings (SSSR count). The average molecular weight is 132 g/mol. The van der Waals surface area contributed by atoms with Gasteiger partial charge in [-0.05, 0) is 30.5 Å². The molecule has 0 spiro atoms. The van der Waals surface area contributed by atoms with Gasteiger partial charge in [-0.1, -0.05) is 25.1 Å². The largest absolute Gasteiger partial charge is 0.0617 e. The Hall–Kier alpha value is -0.780. The highest BCUT2D eigenvalue weighted by Crippen LogP contribution is 2.13. The van der Waals surface area contributed by atoms with Gasteiger partial charge in [0.15, 0.2) is 0 Å². The van der Waals surface area contributed by atoms with Gasteiger partial charge in [0.2, 0.25) is 0 Å². The number of rotatable bonds is 1. The summed E-state index contributed by atoms with van der Waals surface area (Å²) in [6.07, 6.45) is 3.14. The van der Waals surface area contributed by atoms with Gasteiger partial charge in [0, 0.05) is 6.42 Å². The maximum absolute atomic E-state index is 3.14. The summed E-state index contributed by atoms with van der Waals surface area (Å²) in [4.78, 5) is 0. The molecule has 52 valence electrons. The Kier molecular flexibility index (Phi) is 2.10. The van der Waals surface area contributed by atoms with Crippen molar-refractivity contribution in [2.75, 3.05) is 0 Å². The molecule has 0 aliphatic rings. The number of hydrogen-bond acceptors (Lipinski definition) is 0. The molecule has 0 saturated heterocycles. The molecular formula is C10H12. The quantitative estimate of drug-likeness (QED) is 0.551. The molecule has 1 aromatic carbocycles. The van der Waals surface area contributed by atoms with Gasteiger partial charge in [-0.25, -0.2) is 0 Å². The predicted octanol–water partition coefficient (Wildman–Crippen LogP) is 2.75. The maximum Gasteiger partial charge on any atom is 0.0133 e. The van der Waals surface area contributed by atoms with Gasteiger partial charge in [-0.2, -0.15) is 0 Å². The van der Waals surface area contributed by atoms with Gasteiger partial charge in [-0.3, -0.25) is 0 Å². The SMILES string of the molecule is C[C]c1cccc(C)c1C. The summed E-state index contributed by atoms with van der Waals surface area (Å²) < 4.78 is 0. The fourth-order valence-electron chi connectivity index (χ4n) is 1.02. The standard InChI is InChI=1S/C10H12/c1-4-10-7-5-6-8(2)9(10)3/h5-7H,1-3H3. The highest BCUT2D eigenvalue weighted by molar-refractivity contribution is 5.36. The van der Waals surface area contributed by atoms with Crippen LogP contribution in [-0.2, 0) is 0 Å². The van der Waals surface area contributed by atoms with E-state index >= 15 is 0 Å². The lowest BCUT2D eigenvalue weighted by Crippen LogP contribution is -1.86. The van der Waals surface area contributed by atoms with Crippen LogP contribution >= 0.6 is 0 Å². The third kappa shape index (κ3) is 1.21. The van der Waals surface area contributed by atoms with E-state index in [2.05, 4.69) is 38.5 Å². The Labute approximate surface area is 62.9 Å². The van der Waals surface area contributed by atoms with Crippen molar-refractivity contribution in [3.8, 4) is 0 Å². The van der Waals surface area contributed by atoms with Crippen LogP contribution in [0, 0.1) is 20.3 Å². The molecule has 0 amide bonds. The van der Waals surface area contributed by atoms with Crippen LogP contribution in [0.15, 0.2) is 18.2 Å². The molecule has 0 aromatic heterocycles. The van der Waals surface area contributed by atoms with Crippen molar-refractivity contribution in [3.05, 3.63) is 41.3 Å². The van der Waals surface area contributed by atoms with E-state index in [0.717, 1.165) is 0 Å². The first-order chi connectivity index (χ1) is 4.75. The van der Waals surface area contributed by atoms with Crippen molar-refractivity contribution in [3.63, 3.8) is 0 Å². The van der Waals surface area contributed by atoms with Crippen LogP contribution in [0.4, 0.5) is 0 Å². The van der Waals surface area contributed by atoms with Crippen molar-refractivity contribution >= 4 is 0 Å². The maximum atomic E-state index is 3.14. The molecule has 0 nitrogen and oxygen atoms in total. The van der Waals surface area contributed by atoms with Crippen molar-refractivity contribution in [1.29, 1.82) is 0 Å². The third-order valence-electron chi connectivity index (χ3n) is 1.87. The normalized spacial score (nSPS) is 9.90. The van der Waals surface area contributed by atoms with Crippen molar-refractivity contribution in [2.45, 2.75) is 20.8 Å². The smallest absolute Gasteiger partial charge is 0.0133 e. The van der Waals surface area contributed by atoms with E-state index in [1.54, 1.807) is 0 Å². The van der Waals surface area contributed by atoms with Crippen molar-refractivity contribution in [1.82, 2.24) is 0 Å². The van der Waals surface area contributed by atoms with Crippen LogP contribution in [0.1, 0.15) is 23.6 Å². The Bertz CT molecular complexity index is 223. The van der Waals surface area contributed by atoms with Crippen LogP contribution in [-0.4, -0.2) is 0 Å². The van der Waals surface area contributed by atoms with Gasteiger partial charge in [-0.15, -0.1) is 0 Å². The van der Waals surface area contributed by atoms with E-state index in [0.29, 0.717) is 0 Å². The molecule has 1 aromatic rings. The Balaban J connectivity index is 3.14. The first kappa shape index (κ1) is 7.33. The number of hydrogen-bond donors (Lipinski definition) is 0. The van der Waals surface area contributed by atoms with E-state index in [9.17, 15) is 0 Å². The molecule has 10 heavy (non-hydrogen) atoms. The molecule has 0 N–H and O–H groups in total. The van der Waals surface area contributed by atoms with E-state index in [1.807, 2.05) is 6.92 Å². The lowest BCUT2D eigenvalue weighted by Gasteiger charge is -2.03. The van der Waals surface area contributed by atoms with Crippen molar-refractivity contribution < 1.29 is 0 Å². The topological polar surface area (TPSA) is 0 Å². The predicted molar refractivity (Wildman–Crippen MR) is 43.9 cm³/mol. The van der Waals surface area contributed by atoms with E-state index in [1.165, 1.54) is 16.7 Å². The average Bonchev–Trinajstić information content (AvgIpc) is 1.95. The minimum absolute atomic E-state index is 1.22. The molecule has 0 heteroatoms. The van der Waals surface area contributed by atoms with Crippen LogP contribution in [0.25, 0.3) is 0 Å². The molecule has 0 unspecified atom stereocenters. The minimum atomic E-state index is 1.22. The molecule has 0 saturated carbocycles. The molecule has 0 aliphatic heterocycles. The van der Waals surface area contributed by atoms with E-state index in [-0.39, 0.29) is 0 Å². The van der Waals surface area contributed by atoms with Gasteiger partial charge in [0.05, 0.1) is 0 Å². The second-order valence-corrected chi connectivity index (χ2v) is 2.50. The van der Waals surface area contributed by atoms with Crippen LogP contribution in [0.2, 0.25) is 0 Å². The van der Waals surface area contributed by atoms with E-state index < -0.39 is 0 Å². The first-order valence-electron chi connectivity index (χ1n) is 3.49. The minimum Gasteiger partial charge on any atom is -0.0617 e. The Morgan fingerprint density at radius 1 is 1.20 bits per heavy atom. The molecule has 0 heterocycles. The summed E-state index contributed by atoms with van der Waals surface area (Å²) in [5, 5.41) is 0. The highest BCUT2D eigenvalue weighted by Gasteiger charge is 1.96. The first-order valence-corrected chi connectivity index (χ1v) is 3.49. The fourth-order valence-corrected chi connectivity index (χ4v) is 1.02. The summed E-state index contributed by atoms with van der Waals surface area (Å²) in [5.41, 5.74) is 3.90. The molecule has 0 fully saturated rings. The molecule has 0 bridgehead atoms. The van der Waals surface area contributed by atoms with E-state index in [4.69, 9.17) is 0 Å². The molecular weight excluding hydrogens is 120 g/mol. The number of benzene rings is 1. The lowest BCUT2D eigenvalue weighted by atomic mass is 10.0. The molecule has 2 radical (unpaired) electrons. The van der Waals surface area contributed by atoms with Gasteiger partial charge < -0.3 is 0 Å². The Morgan fingerprint density at radius 3 is 2.40 bits per heavy atom. The lowest BCUT2D eigenvalue weighted by molar-refractivity contribution is 1.26. The second-order valence-electron chi connectivity index (χ2n) is 2.50. The second kappa shape index (κ2) is 2.87. The van der Waals surface area contributed by atoms with Gasteiger partial charge in [0.25, 0.3) is 0 Å². The van der Waals surface area contributed by atoms with Crippen molar-refractivity contribution in [2.24, 2.45) is 0 Å². The van der Waals surface area contributed by atoms with Gasteiger partial charge >= 0.3 is 0 Å². The highest BCUT2D eigenvalue weighted by atomic mass is 14.0. The zero-order chi connectivity index (χ0) is 7.56. The van der Waals surface area contributed by atoms with Crippen LogP contribution in [0.5, 0.6) is 0 Å². The van der Waals surface area contributed by atoms with Crippen LogP contribution < -0.4 is 0 Å². The zero-order valence-electron chi connectivity index (χ0n) is 6.73. The molecule has 0 atom stereocenters. The summed E-state index contributed by atoms with van der Waals surface area (Å²) in [7, 11) is 0. The molecule has 0 aliphatic carbocycles. The zero-order valence-corrected chi connectivity index (χ0v) is 6.73. The van der Waals surface area contributed by atoms with Crippen LogP contribution in [0.3, 0.4) is 0 Å². The summed E-state index contributed by atoms with van der Waals surface area (Å²) in [6, 6.07) is 6.27. The monoisotopic (exact) mass is 132 g/mol. The summed E-state index contributed by atoms with van der Waals surface area (Å²) in [6.45, 7) is 6.19. The Morgan fingerprint density at radius 2 is 1.90 bits per heavy atom. The fraction of sp³-hybridized carbons (Fsp3) is 0.300. The number of aryl methyl sites for hydroxylation is 1. The van der Waals surface area contributed by atoms with Gasteiger partial charge in [0.1, 0.15) is 0 Å². The third-order valence-corrected chi connectivity index (χ3v) is 1.87. The summed E-state index contributed by atoms with van der Waals surface area (Å²) >= 11 is 0. The summed E-state index contributed by atoms with van der Waals surface area (Å²) in [5.74, 6) is 0.